The van der Waals surface area contributed by atoms with E-state index < -0.39 is 5.97 Å². The summed E-state index contributed by atoms with van der Waals surface area (Å²) >= 11 is 5.86. The van der Waals surface area contributed by atoms with E-state index in [0.717, 1.165) is 16.7 Å². The Morgan fingerprint density at radius 2 is 1.60 bits per heavy atom. The molecule has 2 rings (SSSR count). The third-order valence-electron chi connectivity index (χ3n) is 3.01. The molecule has 0 saturated carbocycles. The number of benzene rings is 2. The zero-order valence-corrected chi connectivity index (χ0v) is 11.8. The lowest BCUT2D eigenvalue weighted by atomic mass is 10.0. The van der Waals surface area contributed by atoms with Crippen LogP contribution in [0.15, 0.2) is 48.5 Å². The number of halogens is 1. The van der Waals surface area contributed by atoms with E-state index >= 15 is 0 Å². The number of carboxylic acids is 1. The lowest BCUT2D eigenvalue weighted by molar-refractivity contribution is -0.144. The number of rotatable bonds is 5. The van der Waals surface area contributed by atoms with Crippen molar-refractivity contribution in [2.24, 2.45) is 0 Å². The van der Waals surface area contributed by atoms with Crippen molar-refractivity contribution in [3.8, 4) is 11.1 Å². The van der Waals surface area contributed by atoms with E-state index in [-0.39, 0.29) is 12.7 Å². The van der Waals surface area contributed by atoms with Gasteiger partial charge in [-0.25, -0.2) is 4.79 Å². The Labute approximate surface area is 122 Å². The molecule has 0 aromatic heterocycles. The zero-order chi connectivity index (χ0) is 14.5. The van der Waals surface area contributed by atoms with Crippen LogP contribution in [0.3, 0.4) is 0 Å². The van der Waals surface area contributed by atoms with Crippen LogP contribution in [0, 0.1) is 0 Å². The van der Waals surface area contributed by atoms with Crippen LogP contribution in [-0.4, -0.2) is 17.7 Å². The summed E-state index contributed by atoms with van der Waals surface area (Å²) in [7, 11) is 0. The minimum absolute atomic E-state index is 0.245. The highest BCUT2D eigenvalue weighted by Crippen LogP contribution is 2.24. The fourth-order valence-corrected chi connectivity index (χ4v) is 2.01. The van der Waals surface area contributed by atoms with Crippen molar-refractivity contribution in [2.45, 2.75) is 13.0 Å². The molecule has 0 aliphatic carbocycles. The molecule has 0 radical (unpaired) electrons. The fourth-order valence-electron chi connectivity index (χ4n) is 1.88. The summed E-state index contributed by atoms with van der Waals surface area (Å²) in [6, 6.07) is 15.5. The molecule has 0 aliphatic rings. The van der Waals surface area contributed by atoms with E-state index in [0.29, 0.717) is 5.02 Å². The van der Waals surface area contributed by atoms with Crippen molar-refractivity contribution in [1.82, 2.24) is 0 Å². The first kappa shape index (κ1) is 14.6. The molecule has 20 heavy (non-hydrogen) atoms. The number of carboxylic acid groups (broad SMARTS) is 1. The van der Waals surface area contributed by atoms with Gasteiger partial charge in [0, 0.05) is 5.02 Å². The second-order valence-electron chi connectivity index (χ2n) is 4.48. The van der Waals surface area contributed by atoms with E-state index in [1.54, 1.807) is 0 Å². The lowest BCUT2D eigenvalue weighted by Crippen LogP contribution is -2.09. The molecule has 2 aromatic rings. The van der Waals surface area contributed by atoms with Gasteiger partial charge in [-0.1, -0.05) is 48.0 Å². The topological polar surface area (TPSA) is 46.5 Å². The van der Waals surface area contributed by atoms with Gasteiger partial charge in [0.25, 0.3) is 0 Å². The molecule has 0 bridgehead atoms. The molecule has 0 fully saturated rings. The number of hydrogen-bond acceptors (Lipinski definition) is 2. The van der Waals surface area contributed by atoms with Gasteiger partial charge in [-0.05, 0) is 35.7 Å². The molecule has 1 N–H and O–H groups in total. The SMILES string of the molecule is CC(OCC(=O)O)c1ccc(-c2ccc(Cl)cc2)cc1. The van der Waals surface area contributed by atoms with Gasteiger partial charge in [-0.15, -0.1) is 0 Å². The Morgan fingerprint density at radius 1 is 1.10 bits per heavy atom. The van der Waals surface area contributed by atoms with Gasteiger partial charge in [0.05, 0.1) is 6.10 Å². The molecule has 4 heteroatoms. The predicted molar refractivity (Wildman–Crippen MR) is 78.9 cm³/mol. The Balaban J connectivity index is 2.09. The first-order valence-electron chi connectivity index (χ1n) is 6.25. The Bertz CT molecular complexity index is 576. The Morgan fingerprint density at radius 3 is 2.10 bits per heavy atom. The second kappa shape index (κ2) is 6.55. The van der Waals surface area contributed by atoms with Crippen molar-refractivity contribution >= 4 is 17.6 Å². The molecule has 0 aliphatic heterocycles. The van der Waals surface area contributed by atoms with Crippen LogP contribution < -0.4 is 0 Å². The molecule has 1 atom stereocenters. The van der Waals surface area contributed by atoms with Crippen LogP contribution in [0.25, 0.3) is 11.1 Å². The Hall–Kier alpha value is -1.84. The van der Waals surface area contributed by atoms with E-state index in [2.05, 4.69) is 0 Å². The summed E-state index contributed by atoms with van der Waals surface area (Å²) in [6.07, 6.45) is -0.245. The van der Waals surface area contributed by atoms with Gasteiger partial charge >= 0.3 is 5.97 Å². The molecule has 0 spiro atoms. The summed E-state index contributed by atoms with van der Waals surface area (Å²) in [6.45, 7) is 1.54. The normalized spacial score (nSPS) is 12.1. The molecule has 2 aromatic carbocycles. The van der Waals surface area contributed by atoms with Crippen LogP contribution in [0.4, 0.5) is 0 Å². The molecule has 104 valence electrons. The smallest absolute Gasteiger partial charge is 0.329 e. The van der Waals surface area contributed by atoms with E-state index in [9.17, 15) is 4.79 Å². The summed E-state index contributed by atoms with van der Waals surface area (Å²) in [4.78, 5) is 10.5. The summed E-state index contributed by atoms with van der Waals surface area (Å²) in [5, 5.41) is 9.30. The number of ether oxygens (including phenoxy) is 1. The maximum atomic E-state index is 10.5. The Kier molecular flexibility index (Phi) is 4.77. The number of hydrogen-bond donors (Lipinski definition) is 1. The highest BCUT2D eigenvalue weighted by molar-refractivity contribution is 6.30. The first-order chi connectivity index (χ1) is 9.56. The standard InChI is InChI=1S/C16H15ClO3/c1-11(20-10-16(18)19)12-2-4-13(5-3-12)14-6-8-15(17)9-7-14/h2-9,11H,10H2,1H3,(H,18,19). The second-order valence-corrected chi connectivity index (χ2v) is 4.91. The van der Waals surface area contributed by atoms with E-state index in [1.165, 1.54) is 0 Å². The predicted octanol–water partition coefficient (Wildman–Crippen LogP) is 4.17. The van der Waals surface area contributed by atoms with Crippen molar-refractivity contribution in [1.29, 1.82) is 0 Å². The van der Waals surface area contributed by atoms with Crippen molar-refractivity contribution in [3.05, 3.63) is 59.1 Å². The fraction of sp³-hybridized carbons (Fsp3) is 0.188. The summed E-state index contributed by atoms with van der Waals surface area (Å²) in [5.74, 6) is -0.963. The van der Waals surface area contributed by atoms with Gasteiger partial charge in [0.1, 0.15) is 6.61 Å². The minimum Gasteiger partial charge on any atom is -0.480 e. The van der Waals surface area contributed by atoms with Gasteiger partial charge < -0.3 is 9.84 Å². The summed E-state index contributed by atoms with van der Waals surface area (Å²) in [5.41, 5.74) is 3.11. The average Bonchev–Trinajstić information content (AvgIpc) is 2.46. The molecular formula is C16H15ClO3. The summed E-state index contributed by atoms with van der Waals surface area (Å²) < 4.78 is 5.23. The largest absolute Gasteiger partial charge is 0.480 e. The average molecular weight is 291 g/mol. The van der Waals surface area contributed by atoms with Crippen LogP contribution in [0.1, 0.15) is 18.6 Å². The van der Waals surface area contributed by atoms with Crippen LogP contribution in [0.5, 0.6) is 0 Å². The zero-order valence-electron chi connectivity index (χ0n) is 11.0. The molecule has 1 unspecified atom stereocenters. The number of aliphatic carboxylic acids is 1. The van der Waals surface area contributed by atoms with Crippen LogP contribution >= 0.6 is 11.6 Å². The molecule has 3 nitrogen and oxygen atoms in total. The van der Waals surface area contributed by atoms with E-state index in [4.69, 9.17) is 21.4 Å². The lowest BCUT2D eigenvalue weighted by Gasteiger charge is -2.12. The highest BCUT2D eigenvalue weighted by atomic mass is 35.5. The third-order valence-corrected chi connectivity index (χ3v) is 3.27. The first-order valence-corrected chi connectivity index (χ1v) is 6.63. The molecule has 0 amide bonds. The third kappa shape index (κ3) is 3.83. The quantitative estimate of drug-likeness (QED) is 0.899. The van der Waals surface area contributed by atoms with Crippen molar-refractivity contribution in [2.75, 3.05) is 6.61 Å². The molecule has 0 heterocycles. The van der Waals surface area contributed by atoms with Gasteiger partial charge in [-0.2, -0.15) is 0 Å². The van der Waals surface area contributed by atoms with Crippen LogP contribution in [0.2, 0.25) is 5.02 Å². The maximum absolute atomic E-state index is 10.5. The van der Waals surface area contributed by atoms with Crippen LogP contribution in [-0.2, 0) is 9.53 Å². The van der Waals surface area contributed by atoms with Gasteiger partial charge in [0.15, 0.2) is 0 Å². The van der Waals surface area contributed by atoms with Gasteiger partial charge in [0.2, 0.25) is 0 Å². The molecular weight excluding hydrogens is 276 g/mol. The van der Waals surface area contributed by atoms with E-state index in [1.807, 2.05) is 55.5 Å². The maximum Gasteiger partial charge on any atom is 0.329 e. The molecule has 0 saturated heterocycles. The monoisotopic (exact) mass is 290 g/mol. The highest BCUT2D eigenvalue weighted by Gasteiger charge is 2.08. The minimum atomic E-state index is -0.963. The van der Waals surface area contributed by atoms with Crippen molar-refractivity contribution in [3.63, 3.8) is 0 Å². The van der Waals surface area contributed by atoms with Gasteiger partial charge in [-0.3, -0.25) is 0 Å². The van der Waals surface area contributed by atoms with Crippen molar-refractivity contribution < 1.29 is 14.6 Å². The number of carbonyl (C=O) groups is 1.